The van der Waals surface area contributed by atoms with Crippen molar-refractivity contribution in [1.29, 1.82) is 0 Å². The van der Waals surface area contributed by atoms with Crippen molar-refractivity contribution in [2.45, 2.75) is 92.1 Å². The molecule has 1 aromatic rings. The zero-order valence-electron chi connectivity index (χ0n) is 22.1. The summed E-state index contributed by atoms with van der Waals surface area (Å²) in [6.45, 7) is 14.2. The maximum atomic E-state index is 13.1. The van der Waals surface area contributed by atoms with E-state index in [1.54, 1.807) is 34.6 Å². The van der Waals surface area contributed by atoms with Gasteiger partial charge in [-0.3, -0.25) is 9.59 Å². The summed E-state index contributed by atoms with van der Waals surface area (Å²) in [6.07, 6.45) is -0.349. The van der Waals surface area contributed by atoms with E-state index in [1.165, 1.54) is 6.92 Å². The minimum absolute atomic E-state index is 0.0995. The Kier molecular flexibility index (Phi) is 11.7. The Morgan fingerprint density at radius 3 is 1.97 bits per heavy atom. The second kappa shape index (κ2) is 13.7. The number of esters is 1. The summed E-state index contributed by atoms with van der Waals surface area (Å²) in [5.41, 5.74) is 0.135. The average molecular weight is 492 g/mol. The standard InChI is InChI=1S/C26H41N3O6/c1-16(2)14-20(24(32)34-15-19-12-10-9-11-13-19)28-23(31)21(17(3)4)29-22(30)18(5)27-25(33)35-26(6,7)8/h9-13,16-18,20-21H,14-15H2,1-8H3,(H,27,33)(H,28,31)(H,29,30)/t18-,20-,21+/m0/s1. The molecule has 0 unspecified atom stereocenters. The van der Waals surface area contributed by atoms with Crippen molar-refractivity contribution in [2.75, 3.05) is 0 Å². The molecule has 0 heterocycles. The maximum absolute atomic E-state index is 13.1. The van der Waals surface area contributed by atoms with Crippen LogP contribution in [0.2, 0.25) is 0 Å². The molecule has 1 rings (SSSR count). The van der Waals surface area contributed by atoms with Crippen molar-refractivity contribution in [1.82, 2.24) is 16.0 Å². The van der Waals surface area contributed by atoms with Crippen LogP contribution in [0.25, 0.3) is 0 Å². The Morgan fingerprint density at radius 1 is 0.857 bits per heavy atom. The molecule has 0 bridgehead atoms. The van der Waals surface area contributed by atoms with Gasteiger partial charge in [0.1, 0.15) is 30.3 Å². The van der Waals surface area contributed by atoms with Crippen molar-refractivity contribution in [3.63, 3.8) is 0 Å². The SMILES string of the molecule is CC(C)C[C@H](NC(=O)[C@H](NC(=O)[C@H](C)NC(=O)OC(C)(C)C)C(C)C)C(=O)OCc1ccccc1. The van der Waals surface area contributed by atoms with Gasteiger partial charge in [-0.05, 0) is 51.5 Å². The monoisotopic (exact) mass is 491 g/mol. The lowest BCUT2D eigenvalue weighted by molar-refractivity contribution is -0.150. The van der Waals surface area contributed by atoms with Crippen LogP contribution in [-0.4, -0.2) is 47.6 Å². The molecule has 3 atom stereocenters. The van der Waals surface area contributed by atoms with Gasteiger partial charge in [0.25, 0.3) is 0 Å². The van der Waals surface area contributed by atoms with E-state index in [-0.39, 0.29) is 18.4 Å². The third kappa shape index (κ3) is 11.7. The van der Waals surface area contributed by atoms with Gasteiger partial charge in [0.05, 0.1) is 0 Å². The molecule has 9 nitrogen and oxygen atoms in total. The Labute approximate surface area is 208 Å². The first kappa shape index (κ1) is 29.9. The van der Waals surface area contributed by atoms with Gasteiger partial charge in [-0.2, -0.15) is 0 Å². The van der Waals surface area contributed by atoms with Crippen LogP contribution in [0.3, 0.4) is 0 Å². The smallest absolute Gasteiger partial charge is 0.408 e. The Bertz CT molecular complexity index is 848. The molecule has 9 heteroatoms. The van der Waals surface area contributed by atoms with Gasteiger partial charge in [-0.1, -0.05) is 58.0 Å². The first-order valence-corrected chi connectivity index (χ1v) is 12.0. The van der Waals surface area contributed by atoms with Crippen LogP contribution in [0.15, 0.2) is 30.3 Å². The van der Waals surface area contributed by atoms with Gasteiger partial charge in [0, 0.05) is 0 Å². The van der Waals surface area contributed by atoms with E-state index in [0.717, 1.165) is 5.56 Å². The van der Waals surface area contributed by atoms with E-state index in [1.807, 2.05) is 44.2 Å². The summed E-state index contributed by atoms with van der Waals surface area (Å²) in [7, 11) is 0. The predicted molar refractivity (Wildman–Crippen MR) is 133 cm³/mol. The molecule has 0 aliphatic rings. The number of amides is 3. The lowest BCUT2D eigenvalue weighted by Gasteiger charge is -2.27. The van der Waals surface area contributed by atoms with Gasteiger partial charge in [0.15, 0.2) is 0 Å². The van der Waals surface area contributed by atoms with E-state index < -0.39 is 47.6 Å². The number of hydrogen-bond acceptors (Lipinski definition) is 6. The summed E-state index contributed by atoms with van der Waals surface area (Å²) in [4.78, 5) is 50.5. The number of nitrogens with one attached hydrogen (secondary N) is 3. The van der Waals surface area contributed by atoms with Gasteiger partial charge in [-0.25, -0.2) is 9.59 Å². The van der Waals surface area contributed by atoms with Crippen molar-refractivity contribution in [2.24, 2.45) is 11.8 Å². The molecule has 3 amide bonds. The third-order valence-electron chi connectivity index (χ3n) is 4.91. The number of ether oxygens (including phenoxy) is 2. The van der Waals surface area contributed by atoms with Crippen LogP contribution in [-0.2, 0) is 30.5 Å². The van der Waals surface area contributed by atoms with E-state index in [4.69, 9.17) is 9.47 Å². The number of hydrogen-bond donors (Lipinski definition) is 3. The molecule has 0 aromatic heterocycles. The Hall–Kier alpha value is -3.10. The quantitative estimate of drug-likeness (QED) is 0.408. The fourth-order valence-electron chi connectivity index (χ4n) is 3.14. The molecule has 0 aliphatic carbocycles. The Balaban J connectivity index is 2.81. The van der Waals surface area contributed by atoms with Gasteiger partial charge in [0.2, 0.25) is 11.8 Å². The van der Waals surface area contributed by atoms with Crippen molar-refractivity contribution >= 4 is 23.9 Å². The molecule has 0 saturated heterocycles. The van der Waals surface area contributed by atoms with Crippen LogP contribution < -0.4 is 16.0 Å². The van der Waals surface area contributed by atoms with E-state index >= 15 is 0 Å². The predicted octanol–water partition coefficient (Wildman–Crippen LogP) is 3.31. The fraction of sp³-hybridized carbons (Fsp3) is 0.615. The van der Waals surface area contributed by atoms with E-state index in [2.05, 4.69) is 16.0 Å². The van der Waals surface area contributed by atoms with Crippen molar-refractivity contribution < 1.29 is 28.7 Å². The zero-order chi connectivity index (χ0) is 26.8. The minimum atomic E-state index is -0.929. The third-order valence-corrected chi connectivity index (χ3v) is 4.91. The van der Waals surface area contributed by atoms with Crippen LogP contribution in [0.4, 0.5) is 4.79 Å². The summed E-state index contributed by atoms with van der Waals surface area (Å²) < 4.78 is 10.6. The van der Waals surface area contributed by atoms with Crippen molar-refractivity contribution in [3.05, 3.63) is 35.9 Å². The summed E-state index contributed by atoms with van der Waals surface area (Å²) in [6, 6.07) is 6.57. The minimum Gasteiger partial charge on any atom is -0.459 e. The highest BCUT2D eigenvalue weighted by Gasteiger charge is 2.31. The molecule has 35 heavy (non-hydrogen) atoms. The normalized spacial score (nSPS) is 14.0. The molecule has 1 aromatic carbocycles. The molecule has 0 aliphatic heterocycles. The number of benzene rings is 1. The highest BCUT2D eigenvalue weighted by Crippen LogP contribution is 2.11. The van der Waals surface area contributed by atoms with Crippen LogP contribution in [0.1, 0.15) is 67.4 Å². The highest BCUT2D eigenvalue weighted by atomic mass is 16.6. The van der Waals surface area contributed by atoms with Gasteiger partial charge in [-0.15, -0.1) is 0 Å². The molecule has 196 valence electrons. The average Bonchev–Trinajstić information content (AvgIpc) is 2.73. The topological polar surface area (TPSA) is 123 Å². The van der Waals surface area contributed by atoms with Crippen molar-refractivity contribution in [3.8, 4) is 0 Å². The molecule has 0 radical (unpaired) electrons. The van der Waals surface area contributed by atoms with Crippen LogP contribution in [0.5, 0.6) is 0 Å². The molecular weight excluding hydrogens is 450 g/mol. The van der Waals surface area contributed by atoms with Gasteiger partial charge < -0.3 is 25.4 Å². The van der Waals surface area contributed by atoms with E-state index in [0.29, 0.717) is 6.42 Å². The zero-order valence-corrected chi connectivity index (χ0v) is 22.1. The maximum Gasteiger partial charge on any atom is 0.408 e. The molecular formula is C26H41N3O6. The van der Waals surface area contributed by atoms with Gasteiger partial charge >= 0.3 is 12.1 Å². The molecule has 0 saturated carbocycles. The summed E-state index contributed by atoms with van der Waals surface area (Å²) >= 11 is 0. The largest absolute Gasteiger partial charge is 0.459 e. The Morgan fingerprint density at radius 2 is 1.46 bits per heavy atom. The van der Waals surface area contributed by atoms with Crippen LogP contribution >= 0.6 is 0 Å². The number of alkyl carbamates (subject to hydrolysis) is 1. The number of rotatable bonds is 11. The van der Waals surface area contributed by atoms with E-state index in [9.17, 15) is 19.2 Å². The second-order valence-electron chi connectivity index (χ2n) is 10.4. The molecule has 0 fully saturated rings. The number of carbonyl (C=O) groups is 4. The summed E-state index contributed by atoms with van der Waals surface area (Å²) in [5, 5.41) is 7.87. The lowest BCUT2D eigenvalue weighted by atomic mass is 10.00. The highest BCUT2D eigenvalue weighted by molar-refractivity contribution is 5.93. The fourth-order valence-corrected chi connectivity index (χ4v) is 3.14. The first-order chi connectivity index (χ1) is 16.2. The first-order valence-electron chi connectivity index (χ1n) is 12.0. The lowest BCUT2D eigenvalue weighted by Crippen LogP contribution is -2.57. The molecule has 0 spiro atoms. The molecule has 3 N–H and O–H groups in total. The van der Waals surface area contributed by atoms with Crippen LogP contribution in [0, 0.1) is 11.8 Å². The number of carbonyl (C=O) groups excluding carboxylic acids is 4. The second-order valence-corrected chi connectivity index (χ2v) is 10.4. The summed E-state index contributed by atoms with van der Waals surface area (Å²) in [5.74, 6) is -1.73.